The summed E-state index contributed by atoms with van der Waals surface area (Å²) in [6.45, 7) is 15.6. The zero-order chi connectivity index (χ0) is 57.6. The lowest BCUT2D eigenvalue weighted by molar-refractivity contribution is 0.545. The molecule has 0 nitrogen and oxygen atoms in total. The summed E-state index contributed by atoms with van der Waals surface area (Å²) >= 11 is 19.0. The van der Waals surface area contributed by atoms with Gasteiger partial charge in [0, 0.05) is 34.4 Å². The Morgan fingerprint density at radius 3 is 0.556 bits per heavy atom. The summed E-state index contributed by atoms with van der Waals surface area (Å²) in [5, 5.41) is 9.81. The second-order valence-corrected chi connectivity index (χ2v) is 31.3. The molecule has 7 heteroatoms. The molecule has 0 N–H and O–H groups in total. The molecular weight excluding hydrogens is 1120 g/mol. The Kier molecular flexibility index (Phi) is 45.0. The van der Waals surface area contributed by atoms with Crippen molar-refractivity contribution in [2.45, 2.75) is 340 Å². The van der Waals surface area contributed by atoms with Gasteiger partial charge >= 0.3 is 0 Å². The van der Waals surface area contributed by atoms with Gasteiger partial charge in [-0.3, -0.25) is 0 Å². The molecule has 0 atom stereocenters. The zero-order valence-electron chi connectivity index (χ0n) is 53.1. The molecule has 0 fully saturated rings. The van der Waals surface area contributed by atoms with Crippen molar-refractivity contribution in [3.63, 3.8) is 0 Å². The molecule has 0 heterocycles. The minimum Gasteiger partial charge on any atom is -0.125 e. The van der Waals surface area contributed by atoms with Gasteiger partial charge < -0.3 is 0 Å². The Morgan fingerprint density at radius 2 is 0.395 bits per heavy atom. The van der Waals surface area contributed by atoms with Crippen LogP contribution in [0.3, 0.4) is 0 Å². The molecule has 0 spiro atoms. The minimum atomic E-state index is 0.819. The van der Waals surface area contributed by atoms with Gasteiger partial charge in [-0.1, -0.05) is 278 Å². The highest BCUT2D eigenvalue weighted by Crippen LogP contribution is 2.48. The first-order valence-electron chi connectivity index (χ1n) is 34.6. The molecular formula is C74H121ClS6. The van der Waals surface area contributed by atoms with Crippen LogP contribution in [-0.2, 0) is 0 Å². The van der Waals surface area contributed by atoms with Gasteiger partial charge in [0.1, 0.15) is 0 Å². The van der Waals surface area contributed by atoms with E-state index in [4.69, 9.17) is 11.6 Å². The van der Waals surface area contributed by atoms with Crippen molar-refractivity contribution in [2.24, 2.45) is 0 Å². The Bertz CT molecular complexity index is 2150. The van der Waals surface area contributed by atoms with Gasteiger partial charge in [0.25, 0.3) is 0 Å². The fourth-order valence-corrected chi connectivity index (χ4v) is 18.4. The molecule has 0 saturated heterocycles. The van der Waals surface area contributed by atoms with E-state index in [2.05, 4.69) is 148 Å². The molecule has 0 bridgehead atoms. The van der Waals surface area contributed by atoms with E-state index in [1.54, 1.807) is 4.90 Å². The average molecular weight is 1240 g/mol. The van der Waals surface area contributed by atoms with Crippen LogP contribution in [0.25, 0.3) is 32.3 Å². The smallest absolute Gasteiger partial charge is 0.0215 e. The Labute approximate surface area is 532 Å². The van der Waals surface area contributed by atoms with Crippen LogP contribution in [0.15, 0.2) is 77.4 Å². The highest BCUT2D eigenvalue weighted by Gasteiger charge is 2.19. The molecule has 81 heavy (non-hydrogen) atoms. The average Bonchev–Trinajstić information content (AvgIpc) is 3.64. The third-order valence-corrected chi connectivity index (χ3v) is 23.9. The molecule has 4 aromatic rings. The van der Waals surface area contributed by atoms with Gasteiger partial charge in [-0.05, 0) is 155 Å². The Hall–Kier alpha value is -0.210. The van der Waals surface area contributed by atoms with Gasteiger partial charge in [0.15, 0.2) is 0 Å². The highest BCUT2D eigenvalue weighted by atomic mass is 35.5. The van der Waals surface area contributed by atoms with Gasteiger partial charge in [-0.25, -0.2) is 0 Å². The normalized spacial score (nSPS) is 11.9. The molecule has 0 amide bonds. The van der Waals surface area contributed by atoms with Crippen molar-refractivity contribution in [1.82, 2.24) is 0 Å². The fraction of sp³-hybridized carbons (Fsp3) is 0.730. The Morgan fingerprint density at radius 1 is 0.247 bits per heavy atom. The van der Waals surface area contributed by atoms with Crippen LogP contribution in [0.2, 0.25) is 0 Å². The maximum Gasteiger partial charge on any atom is 0.0215 e. The molecule has 0 aliphatic carbocycles. The third-order valence-electron chi connectivity index (χ3n) is 16.5. The van der Waals surface area contributed by atoms with Crippen molar-refractivity contribution in [3.05, 3.63) is 48.0 Å². The standard InChI is InChI=1S/C74H121ClS6/c1-7-12-17-22-36-43-50-76-69-56-63-64-57-70(77-51-44-37-23-18-13-8-2)72(79-53-46-39-25-20-15-10-4)59-66(64)68-61-74(81-55-48-41-34-32-30-28-27-29-31-33-35-42-49-62(6)75)73(80-54-47-40-26-21-16-11-5)60-67(68)65(63)58-71(69)78-52-45-38-24-19-14-9-3/h56-61H,6-55H2,1-5H3. The topological polar surface area (TPSA) is 0 Å². The van der Waals surface area contributed by atoms with E-state index in [9.17, 15) is 0 Å². The van der Waals surface area contributed by atoms with Crippen LogP contribution in [0.4, 0.5) is 0 Å². The minimum absolute atomic E-state index is 0.819. The molecule has 0 saturated carbocycles. The lowest BCUT2D eigenvalue weighted by Crippen LogP contribution is -1.94. The van der Waals surface area contributed by atoms with Crippen molar-refractivity contribution in [3.8, 4) is 0 Å². The van der Waals surface area contributed by atoms with Crippen LogP contribution in [0.1, 0.15) is 311 Å². The van der Waals surface area contributed by atoms with Crippen LogP contribution < -0.4 is 0 Å². The van der Waals surface area contributed by atoms with Gasteiger partial charge in [-0.15, -0.1) is 70.6 Å². The molecule has 0 aliphatic heterocycles. The molecule has 4 rings (SSSR count). The van der Waals surface area contributed by atoms with Gasteiger partial charge in [-0.2, -0.15) is 0 Å². The predicted octanol–water partition coefficient (Wildman–Crippen LogP) is 29.3. The first kappa shape index (κ1) is 73.3. The maximum atomic E-state index is 5.97. The van der Waals surface area contributed by atoms with Crippen molar-refractivity contribution in [1.29, 1.82) is 0 Å². The molecule has 0 radical (unpaired) electrons. The highest BCUT2D eigenvalue weighted by molar-refractivity contribution is 8.03. The van der Waals surface area contributed by atoms with E-state index in [0.717, 1.165) is 11.5 Å². The number of allylic oxidation sites excluding steroid dienone is 1. The summed E-state index contributed by atoms with van der Waals surface area (Å²) in [7, 11) is 0. The van der Waals surface area contributed by atoms with Crippen LogP contribution in [0.5, 0.6) is 0 Å². The van der Waals surface area contributed by atoms with Gasteiger partial charge in [0.05, 0.1) is 0 Å². The lowest BCUT2D eigenvalue weighted by Gasteiger charge is -2.20. The molecule has 0 unspecified atom stereocenters. The van der Waals surface area contributed by atoms with Crippen LogP contribution in [-0.4, -0.2) is 34.5 Å². The summed E-state index contributed by atoms with van der Waals surface area (Å²) in [5.41, 5.74) is 0. The fourth-order valence-electron chi connectivity index (χ4n) is 11.4. The number of halogens is 1. The number of hydrogen-bond acceptors (Lipinski definition) is 6. The largest absolute Gasteiger partial charge is 0.125 e. The van der Waals surface area contributed by atoms with E-state index in [1.807, 2.05) is 0 Å². The van der Waals surface area contributed by atoms with E-state index < -0.39 is 0 Å². The van der Waals surface area contributed by atoms with E-state index >= 15 is 0 Å². The SMILES string of the molecule is C=C(Cl)CCCCCCCCCCCCCCSc1cc2c3cc(SCCCCCCCC)c(SCCCCCCCC)cc3c3cc(SCCCCCCCC)c(SCCCCCCCC)cc3c2cc1SCCCCCCCC. The summed E-state index contributed by atoms with van der Waals surface area (Å²) in [4.78, 5) is 9.24. The first-order valence-corrected chi connectivity index (χ1v) is 40.9. The molecule has 460 valence electrons. The first-order chi connectivity index (χ1) is 39.9. The van der Waals surface area contributed by atoms with Gasteiger partial charge in [0.2, 0.25) is 0 Å². The van der Waals surface area contributed by atoms with E-state index in [1.165, 1.54) is 361 Å². The van der Waals surface area contributed by atoms with E-state index in [0.29, 0.717) is 0 Å². The Balaban J connectivity index is 1.75. The summed E-state index contributed by atoms with van der Waals surface area (Å²) in [5.74, 6) is 7.33. The lowest BCUT2D eigenvalue weighted by atomic mass is 9.94. The van der Waals surface area contributed by atoms with E-state index in [-0.39, 0.29) is 0 Å². The number of hydrogen-bond donors (Lipinski definition) is 0. The number of unbranched alkanes of at least 4 members (excludes halogenated alkanes) is 36. The summed E-state index contributed by atoms with van der Waals surface area (Å²) in [6, 6.07) is 16.3. The summed E-state index contributed by atoms with van der Waals surface area (Å²) in [6.07, 6.45) is 58.0. The number of thioether (sulfide) groups is 6. The predicted molar refractivity (Wildman–Crippen MR) is 385 cm³/mol. The second kappa shape index (κ2) is 49.7. The van der Waals surface area contributed by atoms with Crippen molar-refractivity contribution >= 4 is 114 Å². The zero-order valence-corrected chi connectivity index (χ0v) is 58.8. The van der Waals surface area contributed by atoms with Crippen molar-refractivity contribution < 1.29 is 0 Å². The van der Waals surface area contributed by atoms with Crippen LogP contribution >= 0.6 is 82.2 Å². The quantitative estimate of drug-likeness (QED) is 0.0244. The van der Waals surface area contributed by atoms with Crippen LogP contribution in [0, 0.1) is 0 Å². The monoisotopic (exact) mass is 1240 g/mol. The van der Waals surface area contributed by atoms with Crippen molar-refractivity contribution in [2.75, 3.05) is 34.5 Å². The number of benzene rings is 4. The molecule has 4 aromatic carbocycles. The number of rotatable bonds is 56. The maximum absolute atomic E-state index is 5.97. The number of fused-ring (bicyclic) bond motifs is 6. The molecule has 0 aliphatic rings. The summed E-state index contributed by atoms with van der Waals surface area (Å²) < 4.78 is 0. The molecule has 0 aromatic heterocycles. The second-order valence-electron chi connectivity index (χ2n) is 24.0. The third kappa shape index (κ3) is 32.0.